The zero-order valence-corrected chi connectivity index (χ0v) is 11.8. The third kappa shape index (κ3) is 3.11. The molecule has 1 aromatic rings. The van der Waals surface area contributed by atoms with Crippen molar-refractivity contribution in [1.82, 2.24) is 0 Å². The van der Waals surface area contributed by atoms with Crippen molar-refractivity contribution in [2.45, 2.75) is 25.4 Å². The van der Waals surface area contributed by atoms with Crippen LogP contribution in [0.3, 0.4) is 0 Å². The summed E-state index contributed by atoms with van der Waals surface area (Å²) in [4.78, 5) is 10.1. The van der Waals surface area contributed by atoms with E-state index in [4.69, 9.17) is 32.7 Å². The molecule has 1 aromatic carbocycles. The van der Waals surface area contributed by atoms with Crippen LogP contribution in [0.1, 0.15) is 19.8 Å². The van der Waals surface area contributed by atoms with Crippen LogP contribution in [-0.4, -0.2) is 23.7 Å². The van der Waals surface area contributed by atoms with Crippen LogP contribution in [0.2, 0.25) is 10.0 Å². The quantitative estimate of drug-likeness (QED) is 0.626. The molecule has 7 heteroatoms. The number of rotatable bonds is 4. The van der Waals surface area contributed by atoms with Crippen LogP contribution in [0, 0.1) is 10.1 Å². The molecule has 19 heavy (non-hydrogen) atoms. The van der Waals surface area contributed by atoms with E-state index >= 15 is 0 Å². The summed E-state index contributed by atoms with van der Waals surface area (Å²) in [5, 5.41) is 10.6. The topological polar surface area (TPSA) is 61.6 Å². The number of nitro benzene ring substituents is 1. The van der Waals surface area contributed by atoms with Crippen LogP contribution in [0.5, 0.6) is 5.75 Å². The van der Waals surface area contributed by atoms with E-state index in [-0.39, 0.29) is 21.3 Å². The minimum atomic E-state index is -0.584. The van der Waals surface area contributed by atoms with Gasteiger partial charge in [0.1, 0.15) is 22.4 Å². The molecule has 104 valence electrons. The molecular weight excluding hydrogens is 293 g/mol. The van der Waals surface area contributed by atoms with Gasteiger partial charge in [0.15, 0.2) is 0 Å². The largest absolute Gasteiger partial charge is 0.489 e. The molecule has 0 N–H and O–H groups in total. The Labute approximate surface area is 120 Å². The lowest BCUT2D eigenvalue weighted by atomic mass is 10.0. The highest BCUT2D eigenvalue weighted by Crippen LogP contribution is 2.39. The Kier molecular flexibility index (Phi) is 4.18. The van der Waals surface area contributed by atoms with Crippen molar-refractivity contribution in [3.63, 3.8) is 0 Å². The maximum absolute atomic E-state index is 10.7. The lowest BCUT2D eigenvalue weighted by Crippen LogP contribution is -2.31. The molecule has 1 heterocycles. The fourth-order valence-corrected chi connectivity index (χ4v) is 2.39. The normalized spacial score (nSPS) is 22.5. The third-order valence-corrected chi connectivity index (χ3v) is 3.91. The lowest BCUT2D eigenvalue weighted by Gasteiger charge is -2.23. The van der Waals surface area contributed by atoms with Crippen LogP contribution in [-0.2, 0) is 4.74 Å². The van der Waals surface area contributed by atoms with Gasteiger partial charge >= 0.3 is 0 Å². The van der Waals surface area contributed by atoms with Crippen molar-refractivity contribution >= 4 is 28.9 Å². The summed E-state index contributed by atoms with van der Waals surface area (Å²) in [6.45, 7) is 3.01. The van der Waals surface area contributed by atoms with Gasteiger partial charge in [-0.05, 0) is 25.8 Å². The number of nitro groups is 1. The van der Waals surface area contributed by atoms with Crippen molar-refractivity contribution < 1.29 is 14.4 Å². The van der Waals surface area contributed by atoms with Gasteiger partial charge in [-0.15, -0.1) is 0 Å². The van der Waals surface area contributed by atoms with Crippen molar-refractivity contribution in [2.75, 3.05) is 13.2 Å². The lowest BCUT2D eigenvalue weighted by molar-refractivity contribution is -0.384. The number of hydrogen-bond donors (Lipinski definition) is 0. The molecule has 0 amide bonds. The van der Waals surface area contributed by atoms with Crippen LogP contribution >= 0.6 is 23.2 Å². The van der Waals surface area contributed by atoms with Crippen LogP contribution in [0.15, 0.2) is 12.1 Å². The van der Waals surface area contributed by atoms with E-state index in [0.29, 0.717) is 19.0 Å². The van der Waals surface area contributed by atoms with Gasteiger partial charge < -0.3 is 9.47 Å². The second-order valence-electron chi connectivity index (χ2n) is 4.66. The van der Waals surface area contributed by atoms with Crippen molar-refractivity contribution in [3.8, 4) is 5.75 Å². The van der Waals surface area contributed by atoms with E-state index in [1.165, 1.54) is 12.1 Å². The minimum Gasteiger partial charge on any atom is -0.489 e. The number of hydrogen-bond acceptors (Lipinski definition) is 4. The predicted molar refractivity (Wildman–Crippen MR) is 72.2 cm³/mol. The highest BCUT2D eigenvalue weighted by molar-refractivity contribution is 6.44. The number of halogens is 2. The van der Waals surface area contributed by atoms with E-state index in [1.807, 2.05) is 6.92 Å². The first kappa shape index (κ1) is 14.4. The van der Waals surface area contributed by atoms with Gasteiger partial charge in [-0.1, -0.05) is 23.2 Å². The van der Waals surface area contributed by atoms with Gasteiger partial charge in [-0.25, -0.2) is 0 Å². The van der Waals surface area contributed by atoms with E-state index in [9.17, 15) is 10.1 Å². The minimum absolute atomic E-state index is 0.0532. The van der Waals surface area contributed by atoms with Gasteiger partial charge in [0.25, 0.3) is 5.69 Å². The van der Waals surface area contributed by atoms with Crippen LogP contribution in [0.25, 0.3) is 0 Å². The van der Waals surface area contributed by atoms with Gasteiger partial charge in [0.2, 0.25) is 0 Å². The molecular formula is C12H13Cl2NO4. The molecule has 5 nitrogen and oxygen atoms in total. The molecule has 1 aliphatic heterocycles. The van der Waals surface area contributed by atoms with Crippen molar-refractivity contribution in [3.05, 3.63) is 32.3 Å². The monoisotopic (exact) mass is 305 g/mol. The van der Waals surface area contributed by atoms with Crippen molar-refractivity contribution in [2.24, 2.45) is 0 Å². The van der Waals surface area contributed by atoms with Crippen molar-refractivity contribution in [1.29, 1.82) is 0 Å². The summed E-state index contributed by atoms with van der Waals surface area (Å²) in [6.07, 6.45) is 1.90. The molecule has 1 saturated heterocycles. The molecule has 0 aliphatic carbocycles. The maximum Gasteiger partial charge on any atom is 0.289 e. The summed E-state index contributed by atoms with van der Waals surface area (Å²) in [5.41, 5.74) is -0.570. The first-order valence-electron chi connectivity index (χ1n) is 5.82. The Balaban J connectivity index is 2.13. The molecule has 0 radical (unpaired) electrons. The predicted octanol–water partition coefficient (Wildman–Crippen LogP) is 3.85. The summed E-state index contributed by atoms with van der Waals surface area (Å²) >= 11 is 11.8. The SMILES string of the molecule is CC1(COc2ccc([N+](=O)[O-])c(Cl)c2Cl)CCCO1. The number of nitrogens with zero attached hydrogens (tertiary/aromatic N) is 1. The van der Waals surface area contributed by atoms with Gasteiger partial charge in [0.05, 0.1) is 10.5 Å². The fourth-order valence-electron chi connectivity index (χ4n) is 1.96. The summed E-state index contributed by atoms with van der Waals surface area (Å²) in [6, 6.07) is 2.73. The molecule has 1 fully saturated rings. The smallest absolute Gasteiger partial charge is 0.289 e. The second kappa shape index (κ2) is 5.53. The molecule has 0 saturated carbocycles. The highest BCUT2D eigenvalue weighted by Gasteiger charge is 2.31. The number of benzene rings is 1. The van der Waals surface area contributed by atoms with Crippen LogP contribution < -0.4 is 4.74 Å². The summed E-state index contributed by atoms with van der Waals surface area (Å²) in [7, 11) is 0. The maximum atomic E-state index is 10.7. The average Bonchev–Trinajstić information content (AvgIpc) is 2.78. The molecule has 1 unspecified atom stereocenters. The van der Waals surface area contributed by atoms with E-state index in [0.717, 1.165) is 12.8 Å². The number of ether oxygens (including phenoxy) is 2. The first-order chi connectivity index (χ1) is 8.93. The first-order valence-corrected chi connectivity index (χ1v) is 6.58. The van der Waals surface area contributed by atoms with E-state index in [2.05, 4.69) is 0 Å². The van der Waals surface area contributed by atoms with Crippen LogP contribution in [0.4, 0.5) is 5.69 Å². The molecule has 1 atom stereocenters. The summed E-state index contributed by atoms with van der Waals surface area (Å²) in [5.74, 6) is 0.328. The van der Waals surface area contributed by atoms with Gasteiger partial charge in [-0.2, -0.15) is 0 Å². The molecule has 0 aromatic heterocycles. The van der Waals surface area contributed by atoms with E-state index < -0.39 is 4.92 Å². The van der Waals surface area contributed by atoms with Gasteiger partial charge in [-0.3, -0.25) is 10.1 Å². The molecule has 2 rings (SSSR count). The fraction of sp³-hybridized carbons (Fsp3) is 0.500. The molecule has 0 bridgehead atoms. The Hall–Kier alpha value is -1.04. The second-order valence-corrected chi connectivity index (χ2v) is 5.41. The van der Waals surface area contributed by atoms with Gasteiger partial charge in [0, 0.05) is 12.7 Å². The Bertz CT molecular complexity index is 501. The Morgan fingerprint density at radius 1 is 1.47 bits per heavy atom. The Morgan fingerprint density at radius 3 is 2.79 bits per heavy atom. The third-order valence-electron chi connectivity index (χ3n) is 3.06. The molecule has 1 aliphatic rings. The van der Waals surface area contributed by atoms with E-state index in [1.54, 1.807) is 0 Å². The highest BCUT2D eigenvalue weighted by atomic mass is 35.5. The standard InChI is InChI=1S/C12H13Cl2NO4/c1-12(5-2-6-19-12)7-18-9-4-3-8(15(16)17)10(13)11(9)14/h3-4H,2,5-7H2,1H3. The average molecular weight is 306 g/mol. The zero-order chi connectivity index (χ0) is 14.0. The Morgan fingerprint density at radius 2 is 2.21 bits per heavy atom. The zero-order valence-electron chi connectivity index (χ0n) is 10.3. The molecule has 0 spiro atoms. The summed E-state index contributed by atoms with van der Waals surface area (Å²) < 4.78 is 11.2.